The van der Waals surface area contributed by atoms with Gasteiger partial charge in [-0.05, 0) is 36.2 Å². The van der Waals surface area contributed by atoms with Crippen LogP contribution in [0.15, 0.2) is 59.6 Å². The molecule has 4 nitrogen and oxygen atoms in total. The standard InChI is InChI=1S/C21H26FN3O.HI/c1-23-21(24-13-10-17-6-5-7-18(22)16-17)25-14-11-20(12-15-25)26-19-8-3-2-4-9-19;/h2-9,16,20H,10-15H2,1H3,(H,23,24);1H. The number of rotatable bonds is 5. The van der Waals surface area contributed by atoms with Crippen LogP contribution in [0.1, 0.15) is 18.4 Å². The summed E-state index contributed by atoms with van der Waals surface area (Å²) in [5.74, 6) is 1.65. The van der Waals surface area contributed by atoms with Crippen molar-refractivity contribution < 1.29 is 9.13 Å². The molecule has 1 aliphatic rings. The molecule has 0 unspecified atom stereocenters. The van der Waals surface area contributed by atoms with E-state index in [1.54, 1.807) is 19.2 Å². The number of nitrogens with zero attached hydrogens (tertiary/aromatic N) is 2. The molecule has 2 aromatic carbocycles. The second-order valence-electron chi connectivity index (χ2n) is 6.47. The van der Waals surface area contributed by atoms with E-state index in [0.29, 0.717) is 0 Å². The average Bonchev–Trinajstić information content (AvgIpc) is 2.67. The quantitative estimate of drug-likeness (QED) is 0.395. The van der Waals surface area contributed by atoms with Crippen molar-refractivity contribution in [3.63, 3.8) is 0 Å². The highest BCUT2D eigenvalue weighted by atomic mass is 127. The largest absolute Gasteiger partial charge is 0.490 e. The van der Waals surface area contributed by atoms with Crippen molar-refractivity contribution in [3.8, 4) is 5.75 Å². The minimum Gasteiger partial charge on any atom is -0.490 e. The Labute approximate surface area is 177 Å². The van der Waals surface area contributed by atoms with Gasteiger partial charge in [-0.1, -0.05) is 30.3 Å². The monoisotopic (exact) mass is 483 g/mol. The van der Waals surface area contributed by atoms with Gasteiger partial charge in [0.1, 0.15) is 17.7 Å². The first-order chi connectivity index (χ1) is 12.7. The van der Waals surface area contributed by atoms with E-state index in [0.717, 1.165) is 56.2 Å². The zero-order valence-electron chi connectivity index (χ0n) is 15.6. The summed E-state index contributed by atoms with van der Waals surface area (Å²) >= 11 is 0. The van der Waals surface area contributed by atoms with Crippen LogP contribution in [0.5, 0.6) is 5.75 Å². The van der Waals surface area contributed by atoms with Crippen LogP contribution in [0.25, 0.3) is 0 Å². The lowest BCUT2D eigenvalue weighted by Gasteiger charge is -2.34. The van der Waals surface area contributed by atoms with Crippen molar-refractivity contribution in [1.29, 1.82) is 0 Å². The maximum atomic E-state index is 13.2. The fourth-order valence-electron chi connectivity index (χ4n) is 3.22. The second-order valence-corrected chi connectivity index (χ2v) is 6.47. The van der Waals surface area contributed by atoms with E-state index in [4.69, 9.17) is 4.74 Å². The number of benzene rings is 2. The minimum absolute atomic E-state index is 0. The zero-order chi connectivity index (χ0) is 18.2. The van der Waals surface area contributed by atoms with Crippen LogP contribution in [-0.4, -0.2) is 43.6 Å². The lowest BCUT2D eigenvalue weighted by molar-refractivity contribution is 0.129. The summed E-state index contributed by atoms with van der Waals surface area (Å²) in [6.07, 6.45) is 2.96. The van der Waals surface area contributed by atoms with Crippen molar-refractivity contribution in [3.05, 3.63) is 66.0 Å². The lowest BCUT2D eigenvalue weighted by Crippen LogP contribution is -2.47. The van der Waals surface area contributed by atoms with Gasteiger partial charge in [0.15, 0.2) is 5.96 Å². The van der Waals surface area contributed by atoms with Gasteiger partial charge in [-0.25, -0.2) is 4.39 Å². The molecule has 1 heterocycles. The van der Waals surface area contributed by atoms with Gasteiger partial charge < -0.3 is 15.0 Å². The topological polar surface area (TPSA) is 36.9 Å². The van der Waals surface area contributed by atoms with Gasteiger partial charge in [0.05, 0.1) is 0 Å². The summed E-state index contributed by atoms with van der Waals surface area (Å²) in [5.41, 5.74) is 0.989. The summed E-state index contributed by atoms with van der Waals surface area (Å²) in [4.78, 5) is 6.65. The van der Waals surface area contributed by atoms with E-state index in [1.807, 2.05) is 36.4 Å². The summed E-state index contributed by atoms with van der Waals surface area (Å²) in [7, 11) is 1.80. The van der Waals surface area contributed by atoms with Crippen molar-refractivity contribution in [2.45, 2.75) is 25.4 Å². The molecule has 27 heavy (non-hydrogen) atoms. The maximum absolute atomic E-state index is 13.2. The van der Waals surface area contributed by atoms with Gasteiger partial charge in [0.2, 0.25) is 0 Å². The smallest absolute Gasteiger partial charge is 0.193 e. The van der Waals surface area contributed by atoms with Crippen molar-refractivity contribution in [2.24, 2.45) is 4.99 Å². The third-order valence-corrected chi connectivity index (χ3v) is 4.59. The molecule has 0 aliphatic carbocycles. The molecule has 0 aromatic heterocycles. The van der Waals surface area contributed by atoms with Gasteiger partial charge in [-0.3, -0.25) is 4.99 Å². The number of aliphatic imine (C=N–C) groups is 1. The summed E-state index contributed by atoms with van der Waals surface area (Å²) < 4.78 is 19.3. The average molecular weight is 483 g/mol. The fourth-order valence-corrected chi connectivity index (χ4v) is 3.22. The second kappa shape index (κ2) is 11.1. The van der Waals surface area contributed by atoms with Gasteiger partial charge in [-0.2, -0.15) is 0 Å². The molecule has 146 valence electrons. The lowest BCUT2D eigenvalue weighted by atomic mass is 10.1. The number of hydrogen-bond donors (Lipinski definition) is 1. The van der Waals surface area contributed by atoms with E-state index < -0.39 is 0 Å². The van der Waals surface area contributed by atoms with Crippen LogP contribution in [0.4, 0.5) is 4.39 Å². The maximum Gasteiger partial charge on any atom is 0.193 e. The molecule has 1 fully saturated rings. The van der Waals surface area contributed by atoms with Gasteiger partial charge in [0.25, 0.3) is 0 Å². The SMILES string of the molecule is CN=C(NCCc1cccc(F)c1)N1CCC(Oc2ccccc2)CC1.I. The van der Waals surface area contributed by atoms with Gasteiger partial charge in [0, 0.05) is 39.5 Å². The molecule has 1 N–H and O–H groups in total. The predicted octanol–water partition coefficient (Wildman–Crippen LogP) is 4.11. The number of hydrogen-bond acceptors (Lipinski definition) is 2. The number of piperidine rings is 1. The number of halogens is 2. The van der Waals surface area contributed by atoms with Crippen LogP contribution in [0.3, 0.4) is 0 Å². The Kier molecular flexibility index (Phi) is 8.84. The molecular weight excluding hydrogens is 456 g/mol. The highest BCUT2D eigenvalue weighted by Crippen LogP contribution is 2.18. The first kappa shape index (κ1) is 21.5. The van der Waals surface area contributed by atoms with Gasteiger partial charge in [-0.15, -0.1) is 24.0 Å². The zero-order valence-corrected chi connectivity index (χ0v) is 17.9. The Morgan fingerprint density at radius 2 is 1.89 bits per heavy atom. The van der Waals surface area contributed by atoms with Gasteiger partial charge >= 0.3 is 0 Å². The molecule has 0 bridgehead atoms. The van der Waals surface area contributed by atoms with E-state index in [9.17, 15) is 4.39 Å². The van der Waals surface area contributed by atoms with E-state index in [-0.39, 0.29) is 35.9 Å². The summed E-state index contributed by atoms with van der Waals surface area (Å²) in [6.45, 7) is 2.56. The third kappa shape index (κ3) is 6.68. The fraction of sp³-hybridized carbons (Fsp3) is 0.381. The molecule has 1 aliphatic heterocycles. The Hall–Kier alpha value is -1.83. The van der Waals surface area contributed by atoms with E-state index in [1.165, 1.54) is 6.07 Å². The molecule has 6 heteroatoms. The van der Waals surface area contributed by atoms with Crippen LogP contribution >= 0.6 is 24.0 Å². The number of ether oxygens (including phenoxy) is 1. The number of likely N-dealkylation sites (tertiary alicyclic amines) is 1. The predicted molar refractivity (Wildman–Crippen MR) is 119 cm³/mol. The van der Waals surface area contributed by atoms with E-state index in [2.05, 4.69) is 15.2 Å². The highest BCUT2D eigenvalue weighted by molar-refractivity contribution is 14.0. The first-order valence-corrected chi connectivity index (χ1v) is 9.16. The highest BCUT2D eigenvalue weighted by Gasteiger charge is 2.22. The van der Waals surface area contributed by atoms with Crippen molar-refractivity contribution in [1.82, 2.24) is 10.2 Å². The van der Waals surface area contributed by atoms with E-state index >= 15 is 0 Å². The van der Waals surface area contributed by atoms with Crippen LogP contribution in [0, 0.1) is 5.82 Å². The number of nitrogens with one attached hydrogen (secondary N) is 1. The number of para-hydroxylation sites is 1. The normalized spacial score (nSPS) is 15.2. The Morgan fingerprint density at radius 3 is 2.56 bits per heavy atom. The van der Waals surface area contributed by atoms with Crippen molar-refractivity contribution in [2.75, 3.05) is 26.7 Å². The van der Waals surface area contributed by atoms with Crippen molar-refractivity contribution >= 4 is 29.9 Å². The van der Waals surface area contributed by atoms with Crippen LogP contribution < -0.4 is 10.1 Å². The first-order valence-electron chi connectivity index (χ1n) is 9.16. The molecule has 0 radical (unpaired) electrons. The Balaban J connectivity index is 0.00000261. The molecule has 0 atom stereocenters. The summed E-state index contributed by atoms with van der Waals surface area (Å²) in [5, 5.41) is 3.38. The molecule has 0 amide bonds. The summed E-state index contributed by atoms with van der Waals surface area (Å²) in [6, 6.07) is 16.7. The molecule has 2 aromatic rings. The molecule has 0 spiro atoms. The number of guanidine groups is 1. The Morgan fingerprint density at radius 1 is 1.15 bits per heavy atom. The molecule has 1 saturated heterocycles. The Bertz CT molecular complexity index is 718. The molecule has 0 saturated carbocycles. The van der Waals surface area contributed by atoms with Crippen LogP contribution in [0.2, 0.25) is 0 Å². The third-order valence-electron chi connectivity index (χ3n) is 4.59. The molecule has 3 rings (SSSR count). The minimum atomic E-state index is -0.188. The van der Waals surface area contributed by atoms with Crippen LogP contribution in [-0.2, 0) is 6.42 Å². The molecular formula is C21H27FIN3O.